The summed E-state index contributed by atoms with van der Waals surface area (Å²) in [4.78, 5) is 14.5. The molecule has 0 saturated carbocycles. The van der Waals surface area contributed by atoms with Crippen molar-refractivity contribution in [3.63, 3.8) is 0 Å². The van der Waals surface area contributed by atoms with Gasteiger partial charge in [0.15, 0.2) is 0 Å². The van der Waals surface area contributed by atoms with Gasteiger partial charge in [0.2, 0.25) is 0 Å². The minimum absolute atomic E-state index is 0.158. The Kier molecular flexibility index (Phi) is 3.78. The van der Waals surface area contributed by atoms with E-state index in [4.69, 9.17) is 15.7 Å². The number of hydrogen-bond acceptors (Lipinski definition) is 6. The van der Waals surface area contributed by atoms with Crippen LogP contribution < -0.4 is 10.6 Å². The maximum Gasteiger partial charge on any atom is 0.141 e. The molecule has 2 aliphatic heterocycles. The molecule has 2 bridgehead atoms. The number of thiophene rings is 1. The van der Waals surface area contributed by atoms with Crippen molar-refractivity contribution in [1.29, 1.82) is 0 Å². The van der Waals surface area contributed by atoms with Gasteiger partial charge in [-0.15, -0.1) is 11.3 Å². The maximum atomic E-state index is 10.1. The molecule has 2 fully saturated rings. The Hall–Kier alpha value is -1.24. The third-order valence-corrected chi connectivity index (χ3v) is 6.48. The second-order valence-electron chi connectivity index (χ2n) is 6.88. The molecule has 0 aromatic carbocycles. The first kappa shape index (κ1) is 15.3. The summed E-state index contributed by atoms with van der Waals surface area (Å²) in [5.41, 5.74) is 7.03. The third kappa shape index (κ3) is 2.44. The van der Waals surface area contributed by atoms with Crippen LogP contribution in [0.25, 0.3) is 10.2 Å². The van der Waals surface area contributed by atoms with Gasteiger partial charge in [-0.3, -0.25) is 0 Å². The fraction of sp³-hybridized carbons (Fsp3) is 0.647. The van der Waals surface area contributed by atoms with Gasteiger partial charge in [0, 0.05) is 23.4 Å². The van der Waals surface area contributed by atoms with E-state index in [9.17, 15) is 5.11 Å². The third-order valence-electron chi connectivity index (χ3n) is 5.38. The van der Waals surface area contributed by atoms with Crippen LogP contribution in [-0.2, 0) is 6.42 Å². The molecule has 4 rings (SSSR count). The van der Waals surface area contributed by atoms with Crippen LogP contribution in [0.15, 0.2) is 0 Å². The number of hydrogen-bond donors (Lipinski definition) is 2. The first-order chi connectivity index (χ1) is 11.1. The number of nitrogens with two attached hydrogens (primary N) is 1. The van der Waals surface area contributed by atoms with Crippen molar-refractivity contribution in [3.8, 4) is 0 Å². The fourth-order valence-corrected chi connectivity index (χ4v) is 5.24. The van der Waals surface area contributed by atoms with Crippen molar-refractivity contribution in [1.82, 2.24) is 9.97 Å². The summed E-state index contributed by atoms with van der Waals surface area (Å²) < 4.78 is 0. The van der Waals surface area contributed by atoms with Crippen molar-refractivity contribution in [2.45, 2.75) is 64.1 Å². The van der Waals surface area contributed by atoms with Crippen LogP contribution in [-0.4, -0.2) is 39.8 Å². The van der Waals surface area contributed by atoms with Gasteiger partial charge in [-0.2, -0.15) is 0 Å². The lowest BCUT2D eigenvalue weighted by atomic mass is 9.99. The SMILES string of the molecule is Cc1sc2nc(CCN)nc(N3[C@@H]4CC[C@H]3CC(O)C4)c2c1C. The van der Waals surface area contributed by atoms with E-state index in [1.54, 1.807) is 11.3 Å². The lowest BCUT2D eigenvalue weighted by molar-refractivity contribution is 0.126. The second-order valence-corrected chi connectivity index (χ2v) is 8.09. The van der Waals surface area contributed by atoms with E-state index in [0.29, 0.717) is 25.0 Å². The molecule has 2 aromatic heterocycles. The average Bonchev–Trinajstić information content (AvgIpc) is 2.94. The second kappa shape index (κ2) is 5.69. The maximum absolute atomic E-state index is 10.1. The smallest absolute Gasteiger partial charge is 0.141 e. The van der Waals surface area contributed by atoms with E-state index in [0.717, 1.165) is 42.2 Å². The Bertz CT molecular complexity index is 730. The summed E-state index contributed by atoms with van der Waals surface area (Å²) >= 11 is 1.75. The number of piperidine rings is 1. The highest BCUT2D eigenvalue weighted by atomic mass is 32.1. The predicted molar refractivity (Wildman–Crippen MR) is 94.2 cm³/mol. The van der Waals surface area contributed by atoms with E-state index in [1.165, 1.54) is 15.8 Å². The Morgan fingerprint density at radius 2 is 1.91 bits per heavy atom. The van der Waals surface area contributed by atoms with Crippen molar-refractivity contribution < 1.29 is 5.11 Å². The first-order valence-electron chi connectivity index (χ1n) is 8.51. The Balaban J connectivity index is 1.88. The number of fused-ring (bicyclic) bond motifs is 3. The van der Waals surface area contributed by atoms with E-state index in [-0.39, 0.29) is 6.10 Å². The predicted octanol–water partition coefficient (Wildman–Crippen LogP) is 2.30. The lowest BCUT2D eigenvalue weighted by Gasteiger charge is -2.38. The van der Waals surface area contributed by atoms with Crippen molar-refractivity contribution in [3.05, 3.63) is 16.3 Å². The van der Waals surface area contributed by atoms with Crippen LogP contribution in [0.1, 0.15) is 41.9 Å². The molecular weight excluding hydrogens is 308 g/mol. The zero-order valence-corrected chi connectivity index (χ0v) is 14.6. The molecule has 0 radical (unpaired) electrons. The highest BCUT2D eigenvalue weighted by molar-refractivity contribution is 7.18. The van der Waals surface area contributed by atoms with Crippen LogP contribution >= 0.6 is 11.3 Å². The number of aryl methyl sites for hydroxylation is 2. The number of aromatic nitrogens is 2. The average molecular weight is 332 g/mol. The molecule has 2 aromatic rings. The molecule has 0 spiro atoms. The van der Waals surface area contributed by atoms with Crippen LogP contribution in [0.5, 0.6) is 0 Å². The normalized spacial score (nSPS) is 27.1. The van der Waals surface area contributed by atoms with E-state index in [1.807, 2.05) is 0 Å². The molecule has 2 saturated heterocycles. The highest BCUT2D eigenvalue weighted by Crippen LogP contribution is 2.43. The summed E-state index contributed by atoms with van der Waals surface area (Å²) in [6.07, 6.45) is 4.58. The Labute approximate surface area is 140 Å². The molecule has 0 aliphatic carbocycles. The van der Waals surface area contributed by atoms with Gasteiger partial charge in [-0.1, -0.05) is 0 Å². The minimum atomic E-state index is -0.158. The Morgan fingerprint density at radius 1 is 1.22 bits per heavy atom. The first-order valence-corrected chi connectivity index (χ1v) is 9.33. The molecule has 23 heavy (non-hydrogen) atoms. The molecule has 6 heteroatoms. The number of aliphatic hydroxyl groups excluding tert-OH is 1. The van der Waals surface area contributed by atoms with Gasteiger partial charge >= 0.3 is 0 Å². The topological polar surface area (TPSA) is 75.3 Å². The summed E-state index contributed by atoms with van der Waals surface area (Å²) in [5, 5.41) is 11.3. The molecule has 124 valence electrons. The van der Waals surface area contributed by atoms with Crippen LogP contribution in [0.3, 0.4) is 0 Å². The Morgan fingerprint density at radius 3 is 2.57 bits per heavy atom. The van der Waals surface area contributed by atoms with E-state index >= 15 is 0 Å². The monoisotopic (exact) mass is 332 g/mol. The van der Waals surface area contributed by atoms with Crippen LogP contribution in [0, 0.1) is 13.8 Å². The van der Waals surface area contributed by atoms with Gasteiger partial charge in [0.1, 0.15) is 16.5 Å². The quantitative estimate of drug-likeness (QED) is 0.902. The molecule has 2 aliphatic rings. The van der Waals surface area contributed by atoms with Crippen molar-refractivity contribution in [2.24, 2.45) is 5.73 Å². The van der Waals surface area contributed by atoms with Crippen molar-refractivity contribution >= 4 is 27.4 Å². The van der Waals surface area contributed by atoms with E-state index < -0.39 is 0 Å². The zero-order valence-electron chi connectivity index (χ0n) is 13.7. The molecule has 0 amide bonds. The number of anilines is 1. The molecule has 3 atom stereocenters. The van der Waals surface area contributed by atoms with Crippen LogP contribution in [0.4, 0.5) is 5.82 Å². The molecule has 3 N–H and O–H groups in total. The standard InChI is InChI=1S/C17H24N4OS/c1-9-10(2)23-17-15(9)16(19-14(20-17)5-6-18)21-11-3-4-12(21)8-13(22)7-11/h11-13,22H,3-8,18H2,1-2H3/t11-,12+,13?. The van der Waals surface area contributed by atoms with E-state index in [2.05, 4.69) is 18.7 Å². The minimum Gasteiger partial charge on any atom is -0.393 e. The zero-order chi connectivity index (χ0) is 16.1. The highest BCUT2D eigenvalue weighted by Gasteiger charge is 2.42. The summed E-state index contributed by atoms with van der Waals surface area (Å²) in [6, 6.07) is 0.819. The van der Waals surface area contributed by atoms with Gasteiger partial charge in [0.25, 0.3) is 0 Å². The molecule has 5 nitrogen and oxygen atoms in total. The van der Waals surface area contributed by atoms with Gasteiger partial charge in [0.05, 0.1) is 11.5 Å². The fourth-order valence-electron chi connectivity index (χ4n) is 4.19. The molecule has 1 unspecified atom stereocenters. The molecular formula is C17H24N4OS. The molecule has 4 heterocycles. The number of aliphatic hydroxyl groups is 1. The summed E-state index contributed by atoms with van der Waals surface area (Å²) in [5.74, 6) is 1.93. The van der Waals surface area contributed by atoms with Crippen LogP contribution in [0.2, 0.25) is 0 Å². The van der Waals surface area contributed by atoms with Gasteiger partial charge in [-0.25, -0.2) is 9.97 Å². The summed E-state index contributed by atoms with van der Waals surface area (Å²) in [7, 11) is 0. The summed E-state index contributed by atoms with van der Waals surface area (Å²) in [6.45, 7) is 4.90. The van der Waals surface area contributed by atoms with Gasteiger partial charge in [-0.05, 0) is 51.6 Å². The van der Waals surface area contributed by atoms with Gasteiger partial charge < -0.3 is 15.7 Å². The number of nitrogens with zero attached hydrogens (tertiary/aromatic N) is 3. The number of rotatable bonds is 3. The van der Waals surface area contributed by atoms with Crippen molar-refractivity contribution in [2.75, 3.05) is 11.4 Å². The lowest BCUT2D eigenvalue weighted by Crippen LogP contribution is -2.45. The largest absolute Gasteiger partial charge is 0.393 e.